The molecule has 27 heavy (non-hydrogen) atoms. The Kier molecular flexibility index (Phi) is 16.6. The molecule has 0 radical (unpaired) electrons. The fourth-order valence-corrected chi connectivity index (χ4v) is 1.56. The second-order valence-corrected chi connectivity index (χ2v) is 6.08. The van der Waals surface area contributed by atoms with E-state index in [2.05, 4.69) is 30.8 Å². The summed E-state index contributed by atoms with van der Waals surface area (Å²) in [5, 5.41) is 2.94. The number of methoxy groups -OCH3 is 1. The monoisotopic (exact) mass is 373 g/mol. The zero-order valence-corrected chi connectivity index (χ0v) is 18.0. The van der Waals surface area contributed by atoms with Gasteiger partial charge in [0.25, 0.3) is 0 Å². The van der Waals surface area contributed by atoms with E-state index in [9.17, 15) is 9.59 Å². The number of anilines is 1. The first kappa shape index (κ1) is 26.6. The normalized spacial score (nSPS) is 8.63. The van der Waals surface area contributed by atoms with Crippen LogP contribution in [0, 0.1) is 12.8 Å². The molecule has 0 fully saturated rings. The molecule has 0 saturated carbocycles. The summed E-state index contributed by atoms with van der Waals surface area (Å²) in [6, 6.07) is 14.6. The first-order valence-corrected chi connectivity index (χ1v) is 9.22. The van der Waals surface area contributed by atoms with Crippen molar-refractivity contribution in [2.24, 2.45) is 5.92 Å². The van der Waals surface area contributed by atoms with Crippen LogP contribution < -0.4 is 5.32 Å². The van der Waals surface area contributed by atoms with E-state index in [1.165, 1.54) is 12.7 Å². The van der Waals surface area contributed by atoms with Gasteiger partial charge in [0.1, 0.15) is 6.29 Å². The van der Waals surface area contributed by atoms with Crippen molar-refractivity contribution in [1.82, 2.24) is 0 Å². The smallest absolute Gasteiger partial charge is 0.337 e. The lowest BCUT2D eigenvalue weighted by atomic mass is 10.2. The average Bonchev–Trinajstić information content (AvgIpc) is 2.69. The molecule has 0 saturated heterocycles. The molecule has 4 nitrogen and oxygen atoms in total. The van der Waals surface area contributed by atoms with Gasteiger partial charge in [-0.25, -0.2) is 4.79 Å². The number of nitrogens with one attached hydrogen (secondary N) is 1. The van der Waals surface area contributed by atoms with E-state index in [1.807, 2.05) is 51.1 Å². The number of aldehydes is 1. The molecule has 1 N–H and O–H groups in total. The fourth-order valence-electron chi connectivity index (χ4n) is 1.56. The minimum Gasteiger partial charge on any atom is -0.465 e. The maximum absolute atomic E-state index is 11.0. The van der Waals surface area contributed by atoms with Gasteiger partial charge in [-0.3, -0.25) is 4.79 Å². The molecule has 0 bridgehead atoms. The lowest BCUT2D eigenvalue weighted by Crippen LogP contribution is -2.01. The highest BCUT2D eigenvalue weighted by molar-refractivity contribution is 5.90. The Hall–Kier alpha value is -2.62. The number of esters is 1. The number of rotatable bonds is 3. The third-order valence-electron chi connectivity index (χ3n) is 2.79. The average molecular weight is 374 g/mol. The van der Waals surface area contributed by atoms with Gasteiger partial charge >= 0.3 is 5.97 Å². The van der Waals surface area contributed by atoms with Crippen molar-refractivity contribution in [3.05, 3.63) is 65.2 Å². The van der Waals surface area contributed by atoms with Gasteiger partial charge in [-0.1, -0.05) is 70.5 Å². The lowest BCUT2D eigenvalue weighted by Gasteiger charge is -2.02. The molecule has 2 aromatic rings. The summed E-state index contributed by atoms with van der Waals surface area (Å²) < 4.78 is 4.57. The Morgan fingerprint density at radius 3 is 1.96 bits per heavy atom. The number of hydrogen-bond acceptors (Lipinski definition) is 4. The van der Waals surface area contributed by atoms with E-state index < -0.39 is 0 Å². The van der Waals surface area contributed by atoms with Gasteiger partial charge in [0.05, 0.1) is 12.7 Å². The minimum atomic E-state index is -0.313. The van der Waals surface area contributed by atoms with Crippen LogP contribution in [0.3, 0.4) is 0 Å². The first-order valence-electron chi connectivity index (χ1n) is 9.22. The third-order valence-corrected chi connectivity index (χ3v) is 2.79. The number of benzene rings is 2. The van der Waals surface area contributed by atoms with Crippen molar-refractivity contribution >= 4 is 17.9 Å². The molecule has 0 unspecified atom stereocenters. The van der Waals surface area contributed by atoms with E-state index in [4.69, 9.17) is 0 Å². The SMILES string of the molecule is CC.CC(C)C.CNc1cccc(C(=O)OC)c1.Cc1ccc(C=O)cc1. The molecule has 4 heteroatoms. The van der Waals surface area contributed by atoms with E-state index in [0.29, 0.717) is 5.56 Å². The summed E-state index contributed by atoms with van der Waals surface area (Å²) >= 11 is 0. The highest BCUT2D eigenvalue weighted by Gasteiger charge is 2.03. The van der Waals surface area contributed by atoms with Crippen molar-refractivity contribution in [3.8, 4) is 0 Å². The van der Waals surface area contributed by atoms with Crippen LogP contribution in [-0.4, -0.2) is 26.4 Å². The van der Waals surface area contributed by atoms with Crippen LogP contribution in [0.4, 0.5) is 5.69 Å². The standard InChI is InChI=1S/C9H11NO2.C8H8O.C4H10.C2H6/c1-10-8-5-3-4-7(6-8)9(11)12-2;1-7-2-4-8(6-9)5-3-7;1-4(2)3;1-2/h3-6,10H,1-2H3;2-6H,1H3;4H,1-3H3;1-2H3. The minimum absolute atomic E-state index is 0.313. The van der Waals surface area contributed by atoms with Crippen LogP contribution in [0.15, 0.2) is 48.5 Å². The van der Waals surface area contributed by atoms with Gasteiger partial charge in [-0.2, -0.15) is 0 Å². The molecule has 0 aliphatic heterocycles. The van der Waals surface area contributed by atoms with Gasteiger partial charge in [0.2, 0.25) is 0 Å². The summed E-state index contributed by atoms with van der Waals surface area (Å²) in [7, 11) is 3.17. The molecular weight excluding hydrogens is 338 g/mol. The van der Waals surface area contributed by atoms with Crippen molar-refractivity contribution in [3.63, 3.8) is 0 Å². The van der Waals surface area contributed by atoms with Crippen LogP contribution in [-0.2, 0) is 4.74 Å². The lowest BCUT2D eigenvalue weighted by molar-refractivity contribution is 0.0600. The molecule has 2 rings (SSSR count). The number of carbonyl (C=O) groups excluding carboxylic acids is 2. The molecule has 0 amide bonds. The van der Waals surface area contributed by atoms with Crippen LogP contribution in [0.25, 0.3) is 0 Å². The van der Waals surface area contributed by atoms with E-state index in [-0.39, 0.29) is 5.97 Å². The summed E-state index contributed by atoms with van der Waals surface area (Å²) in [6.45, 7) is 12.5. The van der Waals surface area contributed by atoms with Crippen molar-refractivity contribution in [2.75, 3.05) is 19.5 Å². The van der Waals surface area contributed by atoms with Gasteiger partial charge in [0.15, 0.2) is 0 Å². The Morgan fingerprint density at radius 2 is 1.56 bits per heavy atom. The highest BCUT2D eigenvalue weighted by Crippen LogP contribution is 2.10. The summed E-state index contributed by atoms with van der Waals surface area (Å²) in [5.74, 6) is 0.520. The second kappa shape index (κ2) is 16.8. The quantitative estimate of drug-likeness (QED) is 0.529. The number of aryl methyl sites for hydroxylation is 1. The fraction of sp³-hybridized carbons (Fsp3) is 0.391. The number of ether oxygens (including phenoxy) is 1. The predicted molar refractivity (Wildman–Crippen MR) is 116 cm³/mol. The third kappa shape index (κ3) is 14.3. The van der Waals surface area contributed by atoms with Crippen LogP contribution in [0.5, 0.6) is 0 Å². The van der Waals surface area contributed by atoms with Crippen LogP contribution >= 0.6 is 0 Å². The summed E-state index contributed by atoms with van der Waals surface area (Å²) in [6.07, 6.45) is 0.847. The number of carbonyl (C=O) groups is 2. The zero-order chi connectivity index (χ0) is 21.2. The molecule has 150 valence electrons. The van der Waals surface area contributed by atoms with E-state index >= 15 is 0 Å². The largest absolute Gasteiger partial charge is 0.465 e. The molecule has 2 aromatic carbocycles. The maximum Gasteiger partial charge on any atom is 0.337 e. The molecule has 0 aliphatic rings. The molecule has 0 aliphatic carbocycles. The predicted octanol–water partition coefficient (Wildman–Crippen LogP) is 6.01. The Balaban J connectivity index is 0. The van der Waals surface area contributed by atoms with Gasteiger partial charge in [-0.05, 0) is 31.0 Å². The van der Waals surface area contributed by atoms with E-state index in [1.54, 1.807) is 25.2 Å². The van der Waals surface area contributed by atoms with Gasteiger partial charge in [0, 0.05) is 18.3 Å². The summed E-state index contributed by atoms with van der Waals surface area (Å²) in [5.41, 5.74) is 3.38. The molecular formula is C23H35NO3. The number of hydrogen-bond donors (Lipinski definition) is 1. The van der Waals surface area contributed by atoms with Crippen LogP contribution in [0.1, 0.15) is 60.9 Å². The molecule has 0 atom stereocenters. The van der Waals surface area contributed by atoms with Crippen LogP contribution in [0.2, 0.25) is 0 Å². The van der Waals surface area contributed by atoms with Gasteiger partial charge in [-0.15, -0.1) is 0 Å². The Bertz CT molecular complexity index is 632. The maximum atomic E-state index is 11.0. The Morgan fingerprint density at radius 1 is 1.04 bits per heavy atom. The summed E-state index contributed by atoms with van der Waals surface area (Å²) in [4.78, 5) is 21.1. The topological polar surface area (TPSA) is 55.4 Å². The molecule has 0 heterocycles. The van der Waals surface area contributed by atoms with Crippen molar-refractivity contribution in [2.45, 2.75) is 41.5 Å². The Labute approximate surface area is 165 Å². The van der Waals surface area contributed by atoms with E-state index in [0.717, 1.165) is 23.5 Å². The van der Waals surface area contributed by atoms with Crippen molar-refractivity contribution < 1.29 is 14.3 Å². The van der Waals surface area contributed by atoms with Crippen molar-refractivity contribution in [1.29, 1.82) is 0 Å². The molecule has 0 aromatic heterocycles. The first-order chi connectivity index (χ1) is 12.8. The molecule has 0 spiro atoms. The second-order valence-electron chi connectivity index (χ2n) is 6.08. The zero-order valence-electron chi connectivity index (χ0n) is 18.0. The highest BCUT2D eigenvalue weighted by atomic mass is 16.5. The van der Waals surface area contributed by atoms with Gasteiger partial charge < -0.3 is 10.1 Å².